The number of hydrogen-bond donors (Lipinski definition) is 1. The smallest absolute Gasteiger partial charge is 0.0462 e. The fraction of sp³-hybridized carbons (Fsp3) is 1.00. The van der Waals surface area contributed by atoms with Gasteiger partial charge in [0.05, 0.1) is 0 Å². The van der Waals surface area contributed by atoms with Gasteiger partial charge in [0.15, 0.2) is 0 Å². The van der Waals surface area contributed by atoms with Gasteiger partial charge < -0.3 is 10.1 Å². The number of ether oxygens (including phenoxy) is 1. The molecule has 2 nitrogen and oxygen atoms in total. The molecule has 0 heterocycles. The van der Waals surface area contributed by atoms with Crippen molar-refractivity contribution in [2.75, 3.05) is 20.3 Å². The van der Waals surface area contributed by atoms with E-state index in [2.05, 4.69) is 19.2 Å². The quantitative estimate of drug-likeness (QED) is 0.663. The molecule has 0 saturated heterocycles. The van der Waals surface area contributed by atoms with Gasteiger partial charge in [0, 0.05) is 19.8 Å². The summed E-state index contributed by atoms with van der Waals surface area (Å²) in [5.41, 5.74) is 0. The lowest BCUT2D eigenvalue weighted by molar-refractivity contribution is 0.182. The van der Waals surface area contributed by atoms with Crippen molar-refractivity contribution in [3.63, 3.8) is 0 Å². The van der Waals surface area contributed by atoms with Crippen LogP contribution < -0.4 is 5.32 Å². The van der Waals surface area contributed by atoms with Crippen LogP contribution in [0.5, 0.6) is 0 Å². The highest BCUT2D eigenvalue weighted by Crippen LogP contribution is 2.34. The van der Waals surface area contributed by atoms with Crippen LogP contribution in [0.4, 0.5) is 0 Å². The molecule has 14 heavy (non-hydrogen) atoms. The third-order valence-corrected chi connectivity index (χ3v) is 3.62. The highest BCUT2D eigenvalue weighted by molar-refractivity contribution is 4.86. The van der Waals surface area contributed by atoms with Gasteiger partial charge in [-0.3, -0.25) is 0 Å². The van der Waals surface area contributed by atoms with Crippen LogP contribution in [0, 0.1) is 11.8 Å². The minimum Gasteiger partial charge on any atom is -0.385 e. The van der Waals surface area contributed by atoms with E-state index >= 15 is 0 Å². The Balaban J connectivity index is 2.21. The molecular formula is C12H25NO. The van der Waals surface area contributed by atoms with E-state index in [-0.39, 0.29) is 0 Å². The van der Waals surface area contributed by atoms with Gasteiger partial charge in [-0.2, -0.15) is 0 Å². The van der Waals surface area contributed by atoms with Gasteiger partial charge in [0.25, 0.3) is 0 Å². The Morgan fingerprint density at radius 1 is 1.36 bits per heavy atom. The van der Waals surface area contributed by atoms with Crippen LogP contribution in [0.2, 0.25) is 0 Å². The molecule has 0 aromatic rings. The third-order valence-electron chi connectivity index (χ3n) is 3.62. The molecule has 1 fully saturated rings. The van der Waals surface area contributed by atoms with Crippen molar-refractivity contribution in [1.29, 1.82) is 0 Å². The number of rotatable bonds is 6. The second kappa shape index (κ2) is 6.41. The molecule has 0 radical (unpaired) electrons. The minimum atomic E-state index is 0.771. The molecule has 3 atom stereocenters. The van der Waals surface area contributed by atoms with Gasteiger partial charge in [0.2, 0.25) is 0 Å². The second-order valence-corrected chi connectivity index (χ2v) is 4.50. The summed E-state index contributed by atoms with van der Waals surface area (Å²) in [7, 11) is 1.79. The van der Waals surface area contributed by atoms with Gasteiger partial charge in [-0.25, -0.2) is 0 Å². The first-order chi connectivity index (χ1) is 6.79. The molecule has 84 valence electrons. The Bertz CT molecular complexity index is 149. The standard InChI is InChI=1S/C12H25NO/c1-4-13-12-8-7-11(10(12)2)6-5-9-14-3/h10-13H,4-9H2,1-3H3. The molecule has 0 bridgehead atoms. The molecule has 0 aromatic carbocycles. The topological polar surface area (TPSA) is 21.3 Å². The third kappa shape index (κ3) is 3.25. The van der Waals surface area contributed by atoms with E-state index in [0.29, 0.717) is 0 Å². The van der Waals surface area contributed by atoms with E-state index in [9.17, 15) is 0 Å². The van der Waals surface area contributed by atoms with E-state index in [4.69, 9.17) is 4.74 Å². The zero-order valence-corrected chi connectivity index (χ0v) is 9.88. The first kappa shape index (κ1) is 12.0. The Morgan fingerprint density at radius 2 is 2.14 bits per heavy atom. The van der Waals surface area contributed by atoms with Gasteiger partial charge >= 0.3 is 0 Å². The highest BCUT2D eigenvalue weighted by atomic mass is 16.5. The van der Waals surface area contributed by atoms with Crippen LogP contribution in [-0.2, 0) is 4.74 Å². The molecule has 0 aliphatic heterocycles. The predicted molar refractivity (Wildman–Crippen MR) is 60.5 cm³/mol. The summed E-state index contributed by atoms with van der Waals surface area (Å²) in [5, 5.41) is 3.58. The van der Waals surface area contributed by atoms with E-state index in [1.807, 2.05) is 0 Å². The average Bonchev–Trinajstić information content (AvgIpc) is 2.51. The normalized spacial score (nSPS) is 32.4. The molecular weight excluding hydrogens is 174 g/mol. The molecule has 1 aliphatic carbocycles. The molecule has 1 saturated carbocycles. The SMILES string of the molecule is CCNC1CCC(CCCOC)C1C. The average molecular weight is 199 g/mol. The molecule has 1 aliphatic rings. The largest absolute Gasteiger partial charge is 0.385 e. The molecule has 1 rings (SSSR count). The lowest BCUT2D eigenvalue weighted by atomic mass is 9.91. The van der Waals surface area contributed by atoms with Crippen LogP contribution in [0.1, 0.15) is 39.5 Å². The summed E-state index contributed by atoms with van der Waals surface area (Å²) < 4.78 is 5.10. The molecule has 1 N–H and O–H groups in total. The van der Waals surface area contributed by atoms with E-state index < -0.39 is 0 Å². The summed E-state index contributed by atoms with van der Waals surface area (Å²) in [6.45, 7) is 6.64. The summed E-state index contributed by atoms with van der Waals surface area (Å²) in [5.74, 6) is 1.78. The number of nitrogens with one attached hydrogen (secondary N) is 1. The van der Waals surface area contributed by atoms with E-state index in [1.165, 1.54) is 25.7 Å². The molecule has 0 aromatic heterocycles. The summed E-state index contributed by atoms with van der Waals surface area (Å²) in [4.78, 5) is 0. The molecule has 0 spiro atoms. The Morgan fingerprint density at radius 3 is 2.79 bits per heavy atom. The maximum Gasteiger partial charge on any atom is 0.0462 e. The Labute approximate surface area is 88.4 Å². The lowest BCUT2D eigenvalue weighted by Gasteiger charge is -2.21. The van der Waals surface area contributed by atoms with E-state index in [1.54, 1.807) is 7.11 Å². The van der Waals surface area contributed by atoms with Crippen LogP contribution in [-0.4, -0.2) is 26.3 Å². The first-order valence-electron chi connectivity index (χ1n) is 6.02. The first-order valence-corrected chi connectivity index (χ1v) is 6.02. The van der Waals surface area contributed by atoms with E-state index in [0.717, 1.165) is 31.0 Å². The summed E-state index contributed by atoms with van der Waals surface area (Å²) in [6, 6.07) is 0.771. The van der Waals surface area contributed by atoms with Crippen LogP contribution in [0.15, 0.2) is 0 Å². The van der Waals surface area contributed by atoms with Crippen molar-refractivity contribution in [2.24, 2.45) is 11.8 Å². The lowest BCUT2D eigenvalue weighted by Crippen LogP contribution is -2.32. The van der Waals surface area contributed by atoms with Gasteiger partial charge in [-0.15, -0.1) is 0 Å². The van der Waals surface area contributed by atoms with Crippen molar-refractivity contribution in [1.82, 2.24) is 5.32 Å². The maximum atomic E-state index is 5.10. The highest BCUT2D eigenvalue weighted by Gasteiger charge is 2.31. The minimum absolute atomic E-state index is 0.771. The zero-order valence-electron chi connectivity index (χ0n) is 9.88. The fourth-order valence-electron chi connectivity index (χ4n) is 2.70. The summed E-state index contributed by atoms with van der Waals surface area (Å²) >= 11 is 0. The molecule has 0 amide bonds. The van der Waals surface area contributed by atoms with Gasteiger partial charge in [0.1, 0.15) is 0 Å². The van der Waals surface area contributed by atoms with Crippen LogP contribution >= 0.6 is 0 Å². The Kier molecular flexibility index (Phi) is 5.49. The molecule has 3 unspecified atom stereocenters. The van der Waals surface area contributed by atoms with Crippen molar-refractivity contribution in [3.8, 4) is 0 Å². The fourth-order valence-corrected chi connectivity index (χ4v) is 2.70. The van der Waals surface area contributed by atoms with Gasteiger partial charge in [-0.1, -0.05) is 13.8 Å². The zero-order chi connectivity index (χ0) is 10.4. The van der Waals surface area contributed by atoms with Crippen molar-refractivity contribution < 1.29 is 4.74 Å². The van der Waals surface area contributed by atoms with Crippen LogP contribution in [0.3, 0.4) is 0 Å². The predicted octanol–water partition coefficient (Wildman–Crippen LogP) is 2.44. The molecule has 2 heteroatoms. The summed E-state index contributed by atoms with van der Waals surface area (Å²) in [6.07, 6.45) is 5.34. The number of hydrogen-bond acceptors (Lipinski definition) is 2. The van der Waals surface area contributed by atoms with Crippen molar-refractivity contribution in [2.45, 2.75) is 45.6 Å². The Hall–Kier alpha value is -0.0800. The van der Waals surface area contributed by atoms with Crippen molar-refractivity contribution in [3.05, 3.63) is 0 Å². The number of methoxy groups -OCH3 is 1. The van der Waals surface area contributed by atoms with Crippen LogP contribution in [0.25, 0.3) is 0 Å². The van der Waals surface area contributed by atoms with Gasteiger partial charge in [-0.05, 0) is 44.1 Å². The maximum absolute atomic E-state index is 5.10. The second-order valence-electron chi connectivity index (χ2n) is 4.50. The monoisotopic (exact) mass is 199 g/mol. The van der Waals surface area contributed by atoms with Crippen molar-refractivity contribution >= 4 is 0 Å².